The first-order valence-electron chi connectivity index (χ1n) is 11.6. The number of aliphatic imine (C=N–C) groups is 1. The van der Waals surface area contributed by atoms with E-state index in [9.17, 15) is 4.39 Å². The van der Waals surface area contributed by atoms with E-state index in [1.165, 1.54) is 0 Å². The fourth-order valence-corrected chi connectivity index (χ4v) is 4.32. The van der Waals surface area contributed by atoms with Crippen molar-refractivity contribution in [2.75, 3.05) is 20.3 Å². The first-order valence-corrected chi connectivity index (χ1v) is 11.6. The minimum atomic E-state index is -1.51. The fraction of sp³-hybridized carbons (Fsp3) is 0.440. The van der Waals surface area contributed by atoms with Crippen LogP contribution < -0.4 is 4.74 Å². The topological polar surface area (TPSA) is 83.7 Å². The van der Waals surface area contributed by atoms with E-state index in [2.05, 4.69) is 19.9 Å². The quantitative estimate of drug-likeness (QED) is 0.480. The second-order valence-corrected chi connectivity index (χ2v) is 8.55. The average molecular weight is 466 g/mol. The van der Waals surface area contributed by atoms with Gasteiger partial charge in [0, 0.05) is 24.3 Å². The number of fused-ring (bicyclic) bond motifs is 1. The summed E-state index contributed by atoms with van der Waals surface area (Å²) in [5.41, 5.74) is 3.12. The number of nitrogens with zero attached hydrogens (tertiary/aromatic N) is 5. The average Bonchev–Trinajstić information content (AvgIpc) is 3.29. The van der Waals surface area contributed by atoms with Crippen LogP contribution in [0, 0.1) is 12.8 Å². The van der Waals surface area contributed by atoms with Crippen LogP contribution in [-0.4, -0.2) is 52.4 Å². The summed E-state index contributed by atoms with van der Waals surface area (Å²) in [7, 11) is 1.64. The second-order valence-electron chi connectivity index (χ2n) is 8.55. The van der Waals surface area contributed by atoms with Crippen LogP contribution in [0.1, 0.15) is 42.6 Å². The molecular weight excluding hydrogens is 437 g/mol. The van der Waals surface area contributed by atoms with Crippen LogP contribution in [0.5, 0.6) is 5.75 Å². The number of halogens is 1. The van der Waals surface area contributed by atoms with Crippen LogP contribution in [0.3, 0.4) is 0 Å². The predicted molar refractivity (Wildman–Crippen MR) is 126 cm³/mol. The molecule has 0 bridgehead atoms. The number of methoxy groups -OCH3 is 1. The lowest BCUT2D eigenvalue weighted by atomic mass is 10.0. The summed E-state index contributed by atoms with van der Waals surface area (Å²) in [6.07, 6.45) is 6.57. The number of alkyl halides is 1. The molecule has 34 heavy (non-hydrogen) atoms. The van der Waals surface area contributed by atoms with Crippen molar-refractivity contribution in [3.05, 3.63) is 53.8 Å². The lowest BCUT2D eigenvalue weighted by Gasteiger charge is -2.24. The number of hydrogen-bond acceptors (Lipinski definition) is 7. The number of rotatable bonds is 7. The standard InChI is InChI=1S/C25H28FN5O3/c1-16-29-22(23-25(30-16)31(15-28-23)21-5-3-4-10-34-21)20-11-18(12-27-24(20)26)14-33-13-17-6-8-19(32-2)9-7-17/h6-9,11-12,15,18,21,24H,3-5,10,13-14H2,1-2H3. The van der Waals surface area contributed by atoms with Gasteiger partial charge in [-0.2, -0.15) is 0 Å². The van der Waals surface area contributed by atoms with Crippen LogP contribution in [0.15, 0.2) is 41.7 Å². The molecule has 5 rings (SSSR count). The molecule has 1 aromatic carbocycles. The largest absolute Gasteiger partial charge is 0.497 e. The molecule has 1 saturated heterocycles. The Morgan fingerprint density at radius 3 is 2.79 bits per heavy atom. The predicted octanol–water partition coefficient (Wildman–Crippen LogP) is 4.44. The Balaban J connectivity index is 1.36. The number of aromatic nitrogens is 4. The number of hydrogen-bond donors (Lipinski definition) is 0. The molecule has 2 aromatic heterocycles. The Bertz CT molecular complexity index is 1200. The molecule has 4 heterocycles. The number of aryl methyl sites for hydroxylation is 1. The summed E-state index contributed by atoms with van der Waals surface area (Å²) < 4.78 is 33.9. The molecule has 0 saturated carbocycles. The van der Waals surface area contributed by atoms with E-state index in [1.54, 1.807) is 26.6 Å². The minimum absolute atomic E-state index is 0.112. The van der Waals surface area contributed by atoms with Gasteiger partial charge in [0.2, 0.25) is 6.30 Å². The maximum absolute atomic E-state index is 14.9. The Kier molecular flexibility index (Phi) is 6.64. The number of benzene rings is 1. The SMILES string of the molecule is COc1ccc(COCC2C=NC(F)C(c3nc(C)nc4c3ncn4C3CCCCO3)=C2)cc1. The lowest BCUT2D eigenvalue weighted by Crippen LogP contribution is -2.19. The van der Waals surface area contributed by atoms with E-state index in [1.807, 2.05) is 34.9 Å². The molecule has 8 nitrogen and oxygen atoms in total. The molecule has 178 valence electrons. The third kappa shape index (κ3) is 4.71. The van der Waals surface area contributed by atoms with Crippen molar-refractivity contribution >= 4 is 23.0 Å². The minimum Gasteiger partial charge on any atom is -0.497 e. The summed E-state index contributed by atoms with van der Waals surface area (Å²) in [6.45, 7) is 3.34. The molecule has 0 N–H and O–H groups in total. The van der Waals surface area contributed by atoms with Crippen LogP contribution >= 0.6 is 0 Å². The summed E-state index contributed by atoms with van der Waals surface area (Å²) in [4.78, 5) is 17.8. The smallest absolute Gasteiger partial charge is 0.216 e. The highest BCUT2D eigenvalue weighted by atomic mass is 19.1. The monoisotopic (exact) mass is 465 g/mol. The van der Waals surface area contributed by atoms with Crippen LogP contribution in [-0.2, 0) is 16.1 Å². The Morgan fingerprint density at radius 2 is 2.03 bits per heavy atom. The summed E-state index contributed by atoms with van der Waals surface area (Å²) >= 11 is 0. The van der Waals surface area contributed by atoms with Gasteiger partial charge in [0.25, 0.3) is 0 Å². The van der Waals surface area contributed by atoms with Gasteiger partial charge < -0.3 is 14.2 Å². The maximum Gasteiger partial charge on any atom is 0.216 e. The highest BCUT2D eigenvalue weighted by Crippen LogP contribution is 2.32. The molecule has 0 amide bonds. The molecule has 3 unspecified atom stereocenters. The zero-order valence-corrected chi connectivity index (χ0v) is 19.4. The van der Waals surface area contributed by atoms with Crippen molar-refractivity contribution in [2.45, 2.75) is 45.3 Å². The van der Waals surface area contributed by atoms with E-state index in [0.29, 0.717) is 48.1 Å². The highest BCUT2D eigenvalue weighted by molar-refractivity contribution is 5.89. The summed E-state index contributed by atoms with van der Waals surface area (Å²) in [5.74, 6) is 1.18. The van der Waals surface area contributed by atoms with Crippen molar-refractivity contribution in [3.8, 4) is 5.75 Å². The van der Waals surface area contributed by atoms with E-state index in [-0.39, 0.29) is 12.1 Å². The van der Waals surface area contributed by atoms with Gasteiger partial charge >= 0.3 is 0 Å². The van der Waals surface area contributed by atoms with Crippen LogP contribution in [0.2, 0.25) is 0 Å². The molecule has 0 radical (unpaired) electrons. The maximum atomic E-state index is 14.9. The molecule has 0 aliphatic carbocycles. The van der Waals surface area contributed by atoms with Gasteiger partial charge in [-0.15, -0.1) is 0 Å². The first-order chi connectivity index (χ1) is 16.6. The number of imidazole rings is 1. The van der Waals surface area contributed by atoms with E-state index in [4.69, 9.17) is 14.2 Å². The Morgan fingerprint density at radius 1 is 1.18 bits per heavy atom. The molecule has 1 fully saturated rings. The Hall–Kier alpha value is -3.17. The number of dihydropyridines is 1. The van der Waals surface area contributed by atoms with E-state index >= 15 is 0 Å². The molecule has 2 aliphatic rings. The van der Waals surface area contributed by atoms with E-state index < -0.39 is 6.30 Å². The van der Waals surface area contributed by atoms with Crippen molar-refractivity contribution < 1.29 is 18.6 Å². The normalized spacial score (nSPS) is 22.7. The van der Waals surface area contributed by atoms with Crippen LogP contribution in [0.4, 0.5) is 4.39 Å². The van der Waals surface area contributed by atoms with Gasteiger partial charge in [-0.1, -0.05) is 18.2 Å². The van der Waals surface area contributed by atoms with Gasteiger partial charge in [-0.25, -0.2) is 19.3 Å². The van der Waals surface area contributed by atoms with Gasteiger partial charge in [0.1, 0.15) is 29.0 Å². The third-order valence-corrected chi connectivity index (χ3v) is 6.07. The van der Waals surface area contributed by atoms with E-state index in [0.717, 1.165) is 30.6 Å². The molecule has 9 heteroatoms. The van der Waals surface area contributed by atoms with Gasteiger partial charge in [-0.05, 0) is 43.9 Å². The second kappa shape index (κ2) is 9.99. The van der Waals surface area contributed by atoms with Crippen molar-refractivity contribution in [3.63, 3.8) is 0 Å². The Labute approximate surface area is 197 Å². The summed E-state index contributed by atoms with van der Waals surface area (Å²) in [6, 6.07) is 7.71. The van der Waals surface area contributed by atoms with Crippen molar-refractivity contribution in [2.24, 2.45) is 10.9 Å². The molecule has 2 aliphatic heterocycles. The lowest BCUT2D eigenvalue weighted by molar-refractivity contribution is -0.0298. The molecule has 0 spiro atoms. The van der Waals surface area contributed by atoms with Crippen molar-refractivity contribution in [1.29, 1.82) is 0 Å². The zero-order valence-electron chi connectivity index (χ0n) is 19.4. The number of ether oxygens (including phenoxy) is 3. The summed E-state index contributed by atoms with van der Waals surface area (Å²) in [5, 5.41) is 0. The fourth-order valence-electron chi connectivity index (χ4n) is 4.32. The van der Waals surface area contributed by atoms with Crippen molar-refractivity contribution in [1.82, 2.24) is 19.5 Å². The molecule has 3 atom stereocenters. The highest BCUT2D eigenvalue weighted by Gasteiger charge is 2.27. The first kappa shape index (κ1) is 22.6. The molecule has 3 aromatic rings. The van der Waals surface area contributed by atoms with Gasteiger partial charge in [0.05, 0.1) is 26.7 Å². The third-order valence-electron chi connectivity index (χ3n) is 6.07. The zero-order chi connectivity index (χ0) is 23.5. The van der Waals surface area contributed by atoms with Crippen LogP contribution in [0.25, 0.3) is 16.7 Å². The van der Waals surface area contributed by atoms with Gasteiger partial charge in [-0.3, -0.25) is 9.56 Å². The van der Waals surface area contributed by atoms with Gasteiger partial charge in [0.15, 0.2) is 5.65 Å². The molecular formula is C25H28FN5O3.